The summed E-state index contributed by atoms with van der Waals surface area (Å²) in [4.78, 5) is 22.6. The van der Waals surface area contributed by atoms with Gasteiger partial charge in [-0.1, -0.05) is 12.1 Å². The molecule has 7 nitrogen and oxygen atoms in total. The molecule has 2 rings (SSSR count). The second kappa shape index (κ2) is 5.12. The summed E-state index contributed by atoms with van der Waals surface area (Å²) in [5.41, 5.74) is 0.551. The van der Waals surface area contributed by atoms with E-state index in [-0.39, 0.29) is 5.69 Å². The number of carboxylic acid groups (broad SMARTS) is 1. The van der Waals surface area contributed by atoms with E-state index in [1.54, 1.807) is 18.2 Å². The lowest BCUT2D eigenvalue weighted by Gasteiger charge is -2.11. The Morgan fingerprint density at radius 1 is 1.20 bits per heavy atom. The van der Waals surface area contributed by atoms with Gasteiger partial charge in [0, 0.05) is 0 Å². The number of aliphatic carboxylic acids is 1. The number of carboxylic acids is 1. The quantitative estimate of drug-likeness (QED) is 0.741. The lowest BCUT2D eigenvalue weighted by molar-refractivity contribution is -0.139. The fraction of sp³-hybridized carbons (Fsp3) is 0.333. The van der Waals surface area contributed by atoms with E-state index in [2.05, 4.69) is 10.0 Å². The molecule has 1 aromatic carbocycles. The fourth-order valence-electron chi connectivity index (χ4n) is 1.86. The second-order valence-corrected chi connectivity index (χ2v) is 6.44. The number of benzene rings is 1. The van der Waals surface area contributed by atoms with Gasteiger partial charge >= 0.3 is 5.97 Å². The molecule has 1 aliphatic rings. The Bertz CT molecular complexity index is 656. The first-order chi connectivity index (χ1) is 9.28. The van der Waals surface area contributed by atoms with Crippen molar-refractivity contribution in [3.8, 4) is 0 Å². The first kappa shape index (κ1) is 14.3. The topological polar surface area (TPSA) is 113 Å². The third-order valence-corrected chi connectivity index (χ3v) is 3.52. The van der Waals surface area contributed by atoms with E-state index < -0.39 is 33.7 Å². The van der Waals surface area contributed by atoms with Crippen molar-refractivity contribution in [2.75, 3.05) is 16.3 Å². The van der Waals surface area contributed by atoms with Crippen molar-refractivity contribution in [1.29, 1.82) is 0 Å². The summed E-state index contributed by atoms with van der Waals surface area (Å²) in [6.45, 7) is 0. The molecule has 8 heteroatoms. The van der Waals surface area contributed by atoms with Gasteiger partial charge in [-0.3, -0.25) is 14.3 Å². The third-order valence-electron chi connectivity index (χ3n) is 2.92. The van der Waals surface area contributed by atoms with E-state index in [4.69, 9.17) is 5.11 Å². The van der Waals surface area contributed by atoms with Gasteiger partial charge in [-0.2, -0.15) is 0 Å². The number of rotatable bonds is 5. The normalized spacial score (nSPS) is 21.1. The zero-order valence-corrected chi connectivity index (χ0v) is 11.5. The Balaban J connectivity index is 2.10. The van der Waals surface area contributed by atoms with E-state index in [9.17, 15) is 18.0 Å². The minimum absolute atomic E-state index is 0.246. The van der Waals surface area contributed by atoms with Crippen molar-refractivity contribution >= 4 is 33.3 Å². The highest BCUT2D eigenvalue weighted by Gasteiger charge is 2.48. The van der Waals surface area contributed by atoms with Crippen molar-refractivity contribution in [2.24, 2.45) is 11.8 Å². The van der Waals surface area contributed by atoms with Crippen LogP contribution in [0.4, 0.5) is 11.4 Å². The molecule has 0 unspecified atom stereocenters. The van der Waals surface area contributed by atoms with Crippen molar-refractivity contribution in [3.63, 3.8) is 0 Å². The lowest BCUT2D eigenvalue weighted by atomic mass is 10.2. The summed E-state index contributed by atoms with van der Waals surface area (Å²) in [5, 5.41) is 11.3. The van der Waals surface area contributed by atoms with Gasteiger partial charge in [-0.15, -0.1) is 0 Å². The summed E-state index contributed by atoms with van der Waals surface area (Å²) in [6, 6.07) is 6.33. The number of amides is 1. The number of anilines is 2. The van der Waals surface area contributed by atoms with Gasteiger partial charge in [-0.05, 0) is 18.6 Å². The zero-order chi connectivity index (χ0) is 14.9. The van der Waals surface area contributed by atoms with Crippen molar-refractivity contribution in [3.05, 3.63) is 24.3 Å². The summed E-state index contributed by atoms with van der Waals surface area (Å²) in [5.74, 6) is -2.61. The number of nitrogens with one attached hydrogen (secondary N) is 2. The average molecular weight is 298 g/mol. The number of carbonyl (C=O) groups is 2. The molecule has 0 bridgehead atoms. The molecule has 3 N–H and O–H groups in total. The van der Waals surface area contributed by atoms with Gasteiger partial charge in [0.2, 0.25) is 15.9 Å². The van der Waals surface area contributed by atoms with Gasteiger partial charge in [0.1, 0.15) is 0 Å². The number of sulfonamides is 1. The van der Waals surface area contributed by atoms with E-state index in [1.807, 2.05) is 0 Å². The van der Waals surface area contributed by atoms with Crippen molar-refractivity contribution in [1.82, 2.24) is 0 Å². The van der Waals surface area contributed by atoms with Crippen LogP contribution in [0.5, 0.6) is 0 Å². The maximum atomic E-state index is 11.9. The van der Waals surface area contributed by atoms with Crippen LogP contribution in [0.15, 0.2) is 24.3 Å². The van der Waals surface area contributed by atoms with Crippen LogP contribution in [0.25, 0.3) is 0 Å². The van der Waals surface area contributed by atoms with Crippen LogP contribution in [-0.2, 0) is 19.6 Å². The molecule has 20 heavy (non-hydrogen) atoms. The second-order valence-electron chi connectivity index (χ2n) is 4.70. The summed E-state index contributed by atoms with van der Waals surface area (Å²) in [6.07, 6.45) is 1.32. The van der Waals surface area contributed by atoms with E-state index in [0.717, 1.165) is 6.26 Å². The Hall–Kier alpha value is -2.09. The van der Waals surface area contributed by atoms with E-state index >= 15 is 0 Å². The van der Waals surface area contributed by atoms with Crippen LogP contribution in [0.2, 0.25) is 0 Å². The fourth-order valence-corrected chi connectivity index (χ4v) is 2.44. The summed E-state index contributed by atoms with van der Waals surface area (Å²) in [7, 11) is -3.46. The first-order valence-electron chi connectivity index (χ1n) is 5.88. The molecular weight excluding hydrogens is 284 g/mol. The van der Waals surface area contributed by atoms with Crippen molar-refractivity contribution < 1.29 is 23.1 Å². The molecule has 1 aromatic rings. The van der Waals surface area contributed by atoms with E-state index in [0.29, 0.717) is 12.1 Å². The minimum atomic E-state index is -3.46. The SMILES string of the molecule is CS(=O)(=O)Nc1ccccc1NC(=O)[C@@H]1C[C@@H]1C(=O)O. The smallest absolute Gasteiger partial charge is 0.307 e. The number of hydrogen-bond donors (Lipinski definition) is 3. The molecule has 0 spiro atoms. The first-order valence-corrected chi connectivity index (χ1v) is 7.77. The highest BCUT2D eigenvalue weighted by atomic mass is 32.2. The number of carbonyl (C=O) groups excluding carboxylic acids is 1. The number of para-hydroxylation sites is 2. The summed E-state index contributed by atoms with van der Waals surface area (Å²) >= 11 is 0. The van der Waals surface area contributed by atoms with Crippen LogP contribution in [0, 0.1) is 11.8 Å². The Morgan fingerprint density at radius 2 is 1.80 bits per heavy atom. The predicted octanol–water partition coefficient (Wildman–Crippen LogP) is 0.717. The highest BCUT2D eigenvalue weighted by Crippen LogP contribution is 2.39. The van der Waals surface area contributed by atoms with E-state index in [1.165, 1.54) is 6.07 Å². The molecule has 1 saturated carbocycles. The monoisotopic (exact) mass is 298 g/mol. The molecule has 0 aliphatic heterocycles. The molecular formula is C12H14N2O5S. The van der Waals surface area contributed by atoms with Crippen LogP contribution in [0.3, 0.4) is 0 Å². The van der Waals surface area contributed by atoms with Gasteiger partial charge in [-0.25, -0.2) is 8.42 Å². The molecule has 0 radical (unpaired) electrons. The van der Waals surface area contributed by atoms with Gasteiger partial charge in [0.05, 0.1) is 29.5 Å². The van der Waals surface area contributed by atoms with Crippen LogP contribution < -0.4 is 10.0 Å². The molecule has 108 valence electrons. The van der Waals surface area contributed by atoms with Gasteiger partial charge in [0.25, 0.3) is 0 Å². The molecule has 1 fully saturated rings. The molecule has 1 amide bonds. The Kier molecular flexibility index (Phi) is 3.67. The molecule has 1 aliphatic carbocycles. The van der Waals surface area contributed by atoms with Gasteiger partial charge in [0.15, 0.2) is 0 Å². The highest BCUT2D eigenvalue weighted by molar-refractivity contribution is 7.92. The minimum Gasteiger partial charge on any atom is -0.481 e. The van der Waals surface area contributed by atoms with Crippen molar-refractivity contribution in [2.45, 2.75) is 6.42 Å². The standard InChI is InChI=1S/C12H14N2O5S/c1-20(18,19)14-10-5-3-2-4-9(10)13-11(15)7-6-8(7)12(16)17/h2-5,7-8,14H,6H2,1H3,(H,13,15)(H,16,17)/t7-,8+/m1/s1. The maximum absolute atomic E-state index is 11.9. The number of hydrogen-bond acceptors (Lipinski definition) is 4. The zero-order valence-electron chi connectivity index (χ0n) is 10.7. The Labute approximate surface area is 116 Å². The third kappa shape index (κ3) is 3.47. The largest absolute Gasteiger partial charge is 0.481 e. The molecule has 0 saturated heterocycles. The average Bonchev–Trinajstić information content (AvgIpc) is 3.09. The maximum Gasteiger partial charge on any atom is 0.307 e. The predicted molar refractivity (Wildman–Crippen MR) is 72.8 cm³/mol. The van der Waals surface area contributed by atoms with Crippen LogP contribution in [0.1, 0.15) is 6.42 Å². The molecule has 2 atom stereocenters. The summed E-state index contributed by atoms with van der Waals surface area (Å²) < 4.78 is 24.7. The Morgan fingerprint density at radius 3 is 2.30 bits per heavy atom. The van der Waals surface area contributed by atoms with Crippen LogP contribution in [-0.4, -0.2) is 31.7 Å². The van der Waals surface area contributed by atoms with Crippen LogP contribution >= 0.6 is 0 Å². The molecule has 0 aromatic heterocycles. The van der Waals surface area contributed by atoms with Gasteiger partial charge < -0.3 is 10.4 Å². The molecule has 0 heterocycles. The lowest BCUT2D eigenvalue weighted by Crippen LogP contribution is -2.19.